The molecule has 1 heterocycles. The van der Waals surface area contributed by atoms with Crippen molar-refractivity contribution in [1.29, 1.82) is 0 Å². The zero-order chi connectivity index (χ0) is 17.8. The van der Waals surface area contributed by atoms with E-state index < -0.39 is 0 Å². The normalized spacial score (nSPS) is 10.8. The lowest BCUT2D eigenvalue weighted by Gasteiger charge is -2.12. The highest BCUT2D eigenvalue weighted by atomic mass is 79.9. The van der Waals surface area contributed by atoms with E-state index in [2.05, 4.69) is 21.0 Å². The van der Waals surface area contributed by atoms with Crippen molar-refractivity contribution in [3.63, 3.8) is 0 Å². The number of rotatable bonds is 6. The summed E-state index contributed by atoms with van der Waals surface area (Å²) < 4.78 is 12.9. The lowest BCUT2D eigenvalue weighted by molar-refractivity contribution is 0.195. The lowest BCUT2D eigenvalue weighted by Crippen LogP contribution is -2.24. The molecule has 6 nitrogen and oxygen atoms in total. The second-order valence-electron chi connectivity index (χ2n) is 5.38. The summed E-state index contributed by atoms with van der Waals surface area (Å²) in [5, 5.41) is 14.5. The van der Waals surface area contributed by atoms with E-state index in [1.807, 2.05) is 24.3 Å². The number of aliphatic hydroxyl groups is 1. The molecular formula is C18H17BrN2O4. The average molecular weight is 405 g/mol. The van der Waals surface area contributed by atoms with Crippen LogP contribution in [-0.4, -0.2) is 35.2 Å². The van der Waals surface area contributed by atoms with Crippen molar-refractivity contribution in [2.75, 3.05) is 20.3 Å². The highest BCUT2D eigenvalue weighted by Gasteiger charge is 2.12. The van der Waals surface area contributed by atoms with Gasteiger partial charge in [-0.1, -0.05) is 28.1 Å². The zero-order valence-electron chi connectivity index (χ0n) is 13.6. The first kappa shape index (κ1) is 17.4. The van der Waals surface area contributed by atoms with Gasteiger partial charge in [0.25, 0.3) is 5.56 Å². The van der Waals surface area contributed by atoms with Crippen LogP contribution < -0.4 is 15.0 Å². The number of halogens is 1. The van der Waals surface area contributed by atoms with Gasteiger partial charge in [0.15, 0.2) is 0 Å². The van der Waals surface area contributed by atoms with Gasteiger partial charge >= 0.3 is 0 Å². The summed E-state index contributed by atoms with van der Waals surface area (Å²) in [6.45, 7) is 0.286. The third kappa shape index (κ3) is 3.83. The molecule has 7 heteroatoms. The molecule has 0 spiro atoms. The van der Waals surface area contributed by atoms with Crippen LogP contribution in [-0.2, 0) is 6.54 Å². The van der Waals surface area contributed by atoms with Crippen LogP contribution in [0, 0.1) is 0 Å². The fourth-order valence-corrected chi connectivity index (χ4v) is 2.85. The Hall–Kier alpha value is -2.38. The van der Waals surface area contributed by atoms with Crippen LogP contribution in [0.4, 0.5) is 0 Å². The number of fused-ring (bicyclic) bond motifs is 1. The molecule has 0 fully saturated rings. The second-order valence-corrected chi connectivity index (χ2v) is 6.29. The van der Waals surface area contributed by atoms with Gasteiger partial charge in [-0.3, -0.25) is 4.79 Å². The smallest absolute Gasteiger partial charge is 0.275 e. The molecule has 0 aliphatic carbocycles. The molecule has 0 atom stereocenters. The first-order valence-corrected chi connectivity index (χ1v) is 8.48. The minimum Gasteiger partial charge on any atom is -0.497 e. The van der Waals surface area contributed by atoms with Crippen LogP contribution in [0.3, 0.4) is 0 Å². The Morgan fingerprint density at radius 3 is 2.60 bits per heavy atom. The predicted octanol–water partition coefficient (Wildman–Crippen LogP) is 2.59. The van der Waals surface area contributed by atoms with E-state index in [1.165, 1.54) is 4.68 Å². The monoisotopic (exact) mass is 404 g/mol. The summed E-state index contributed by atoms with van der Waals surface area (Å²) in [7, 11) is 1.60. The number of ether oxygens (including phenoxy) is 2. The summed E-state index contributed by atoms with van der Waals surface area (Å²) in [6, 6.07) is 12.8. The lowest BCUT2D eigenvalue weighted by atomic mass is 10.2. The molecule has 0 unspecified atom stereocenters. The zero-order valence-corrected chi connectivity index (χ0v) is 15.2. The van der Waals surface area contributed by atoms with Gasteiger partial charge in [-0.25, -0.2) is 4.68 Å². The van der Waals surface area contributed by atoms with Crippen molar-refractivity contribution in [2.24, 2.45) is 0 Å². The van der Waals surface area contributed by atoms with Crippen LogP contribution in [0.15, 0.2) is 51.7 Å². The van der Waals surface area contributed by atoms with E-state index in [-0.39, 0.29) is 18.8 Å². The van der Waals surface area contributed by atoms with Crippen LogP contribution in [0.2, 0.25) is 0 Å². The first-order chi connectivity index (χ1) is 12.1. The van der Waals surface area contributed by atoms with Gasteiger partial charge in [-0.2, -0.15) is 0 Å². The quantitative estimate of drug-likeness (QED) is 0.683. The Bertz CT molecular complexity index is 938. The minimum absolute atomic E-state index is 0.107. The molecule has 0 bridgehead atoms. The summed E-state index contributed by atoms with van der Waals surface area (Å²) >= 11 is 3.39. The number of nitrogens with zero attached hydrogens (tertiary/aromatic N) is 2. The number of methoxy groups -OCH3 is 1. The first-order valence-electron chi connectivity index (χ1n) is 7.69. The molecule has 0 amide bonds. The summed E-state index contributed by atoms with van der Waals surface area (Å²) in [5.41, 5.74) is 0.717. The topological polar surface area (TPSA) is 73.6 Å². The Morgan fingerprint density at radius 1 is 1.16 bits per heavy atom. The molecule has 3 aromatic rings. The molecular weight excluding hydrogens is 388 g/mol. The molecule has 2 aromatic carbocycles. The van der Waals surface area contributed by atoms with Gasteiger partial charge in [0.05, 0.1) is 31.0 Å². The maximum atomic E-state index is 12.7. The molecule has 0 aliphatic rings. The van der Waals surface area contributed by atoms with Gasteiger partial charge < -0.3 is 14.6 Å². The van der Waals surface area contributed by atoms with E-state index in [0.29, 0.717) is 23.2 Å². The van der Waals surface area contributed by atoms with Crippen molar-refractivity contribution in [3.8, 4) is 11.6 Å². The van der Waals surface area contributed by atoms with Gasteiger partial charge in [-0.05, 0) is 35.9 Å². The maximum Gasteiger partial charge on any atom is 0.275 e. The standard InChI is InChI=1S/C18H17BrN2O4/c1-24-14-5-2-12(3-6-14)11-21-18(23)15-7-4-13(19)10-16(15)17(20-21)25-9-8-22/h2-7,10,22H,8-9,11H2,1H3. The third-order valence-electron chi connectivity index (χ3n) is 3.71. The largest absolute Gasteiger partial charge is 0.497 e. The molecule has 130 valence electrons. The minimum atomic E-state index is -0.199. The Morgan fingerprint density at radius 2 is 1.92 bits per heavy atom. The van der Waals surface area contributed by atoms with E-state index in [9.17, 15) is 4.79 Å². The van der Waals surface area contributed by atoms with Crippen molar-refractivity contribution in [3.05, 3.63) is 62.9 Å². The van der Waals surface area contributed by atoms with Crippen molar-refractivity contribution < 1.29 is 14.6 Å². The van der Waals surface area contributed by atoms with Gasteiger partial charge in [-0.15, -0.1) is 5.10 Å². The molecule has 1 aromatic heterocycles. The van der Waals surface area contributed by atoms with Crippen molar-refractivity contribution >= 4 is 26.7 Å². The number of hydrogen-bond acceptors (Lipinski definition) is 5. The van der Waals surface area contributed by atoms with Crippen LogP contribution >= 0.6 is 15.9 Å². The second kappa shape index (κ2) is 7.67. The number of aromatic nitrogens is 2. The van der Waals surface area contributed by atoms with Crippen LogP contribution in [0.5, 0.6) is 11.6 Å². The molecule has 0 saturated heterocycles. The van der Waals surface area contributed by atoms with Crippen LogP contribution in [0.25, 0.3) is 10.8 Å². The number of aliphatic hydroxyl groups excluding tert-OH is 1. The van der Waals surface area contributed by atoms with Crippen molar-refractivity contribution in [2.45, 2.75) is 6.54 Å². The van der Waals surface area contributed by atoms with Gasteiger partial charge in [0, 0.05) is 4.47 Å². The fourth-order valence-electron chi connectivity index (χ4n) is 2.49. The molecule has 0 aliphatic heterocycles. The van der Waals surface area contributed by atoms with Crippen LogP contribution in [0.1, 0.15) is 5.56 Å². The SMILES string of the molecule is COc1ccc(Cn2nc(OCCO)c3cc(Br)ccc3c2=O)cc1. The number of benzene rings is 2. The summed E-state index contributed by atoms with van der Waals surface area (Å²) in [6.07, 6.45) is 0. The fraction of sp³-hybridized carbons (Fsp3) is 0.222. The molecule has 0 radical (unpaired) electrons. The predicted molar refractivity (Wildman–Crippen MR) is 98.4 cm³/mol. The van der Waals surface area contributed by atoms with E-state index in [4.69, 9.17) is 14.6 Å². The third-order valence-corrected chi connectivity index (χ3v) is 4.20. The summed E-state index contributed by atoms with van der Waals surface area (Å²) in [5.74, 6) is 1.07. The average Bonchev–Trinajstić information content (AvgIpc) is 2.63. The maximum absolute atomic E-state index is 12.7. The molecule has 3 rings (SSSR count). The van der Waals surface area contributed by atoms with Crippen molar-refractivity contribution in [1.82, 2.24) is 9.78 Å². The Kier molecular flexibility index (Phi) is 5.35. The highest BCUT2D eigenvalue weighted by molar-refractivity contribution is 9.10. The summed E-state index contributed by atoms with van der Waals surface area (Å²) in [4.78, 5) is 12.7. The molecule has 1 N–H and O–H groups in total. The van der Waals surface area contributed by atoms with Gasteiger partial charge in [0.2, 0.25) is 5.88 Å². The van der Waals surface area contributed by atoms with E-state index in [0.717, 1.165) is 15.8 Å². The molecule has 25 heavy (non-hydrogen) atoms. The van der Waals surface area contributed by atoms with E-state index >= 15 is 0 Å². The molecule has 0 saturated carbocycles. The Labute approximate surface area is 152 Å². The van der Waals surface area contributed by atoms with E-state index in [1.54, 1.807) is 25.3 Å². The Balaban J connectivity index is 2.06. The van der Waals surface area contributed by atoms with Gasteiger partial charge in [0.1, 0.15) is 12.4 Å². The highest BCUT2D eigenvalue weighted by Crippen LogP contribution is 2.24. The number of hydrogen-bond donors (Lipinski definition) is 1.